The van der Waals surface area contributed by atoms with Crippen molar-refractivity contribution in [3.05, 3.63) is 26.9 Å². The fraction of sp³-hybridized carbons (Fsp3) is 0.333. The number of amides is 1. The number of carbonyl (C=O) groups excluding carboxylic acids is 1. The van der Waals surface area contributed by atoms with Gasteiger partial charge in [0.15, 0.2) is 5.13 Å². The number of nitrogens with zero attached hydrogens (tertiary/aromatic N) is 1. The standard InChI is InChI=1S/C12H13N3O2S2/c1-17-7-4-9(18-6-7)11(16)15-12-14-8-2-3-13-5-10(8)19-12/h4,6,13H,2-3,5H2,1H3,(H,14,15,16). The first kappa shape index (κ1) is 12.6. The molecular formula is C12H13N3O2S2. The zero-order valence-corrected chi connectivity index (χ0v) is 12.0. The van der Waals surface area contributed by atoms with Gasteiger partial charge in [-0.3, -0.25) is 10.1 Å². The molecule has 2 aromatic heterocycles. The molecule has 3 heterocycles. The van der Waals surface area contributed by atoms with Gasteiger partial charge in [-0.15, -0.1) is 22.7 Å². The topological polar surface area (TPSA) is 63.2 Å². The van der Waals surface area contributed by atoms with Crippen molar-refractivity contribution in [3.8, 4) is 5.75 Å². The van der Waals surface area contributed by atoms with Gasteiger partial charge in [0.05, 0.1) is 17.7 Å². The van der Waals surface area contributed by atoms with E-state index in [-0.39, 0.29) is 5.91 Å². The zero-order valence-electron chi connectivity index (χ0n) is 10.4. The molecule has 100 valence electrons. The Kier molecular flexibility index (Phi) is 3.50. The molecule has 1 aliphatic rings. The van der Waals surface area contributed by atoms with Crippen molar-refractivity contribution in [3.63, 3.8) is 0 Å². The van der Waals surface area contributed by atoms with Gasteiger partial charge < -0.3 is 10.1 Å². The van der Waals surface area contributed by atoms with Gasteiger partial charge in [0.25, 0.3) is 5.91 Å². The van der Waals surface area contributed by atoms with Crippen LogP contribution < -0.4 is 15.4 Å². The van der Waals surface area contributed by atoms with E-state index in [4.69, 9.17) is 4.74 Å². The van der Waals surface area contributed by atoms with Crippen molar-refractivity contribution in [1.82, 2.24) is 10.3 Å². The van der Waals surface area contributed by atoms with E-state index in [1.165, 1.54) is 27.6 Å². The molecule has 0 saturated carbocycles. The van der Waals surface area contributed by atoms with E-state index in [0.29, 0.717) is 15.8 Å². The van der Waals surface area contributed by atoms with E-state index in [1.54, 1.807) is 13.2 Å². The van der Waals surface area contributed by atoms with Gasteiger partial charge in [-0.25, -0.2) is 4.98 Å². The predicted molar refractivity (Wildman–Crippen MR) is 76.3 cm³/mol. The van der Waals surface area contributed by atoms with Crippen LogP contribution >= 0.6 is 22.7 Å². The Morgan fingerprint density at radius 2 is 2.47 bits per heavy atom. The van der Waals surface area contributed by atoms with Crippen molar-refractivity contribution < 1.29 is 9.53 Å². The molecule has 0 spiro atoms. The molecule has 0 fully saturated rings. The largest absolute Gasteiger partial charge is 0.496 e. The van der Waals surface area contributed by atoms with Crippen LogP contribution in [-0.4, -0.2) is 24.5 Å². The normalized spacial score (nSPS) is 13.9. The highest BCUT2D eigenvalue weighted by Gasteiger charge is 2.17. The number of hydrogen-bond acceptors (Lipinski definition) is 6. The van der Waals surface area contributed by atoms with Crippen molar-refractivity contribution in [1.29, 1.82) is 0 Å². The highest BCUT2D eigenvalue weighted by atomic mass is 32.1. The lowest BCUT2D eigenvalue weighted by Crippen LogP contribution is -2.22. The lowest BCUT2D eigenvalue weighted by Gasteiger charge is -2.09. The molecule has 0 aliphatic carbocycles. The Balaban J connectivity index is 1.73. The Morgan fingerprint density at radius 1 is 1.58 bits per heavy atom. The number of nitrogens with one attached hydrogen (secondary N) is 2. The van der Waals surface area contributed by atoms with Crippen molar-refractivity contribution in [2.75, 3.05) is 19.0 Å². The molecule has 0 atom stereocenters. The number of thiazole rings is 1. The molecule has 0 aromatic carbocycles. The second-order valence-electron chi connectivity index (χ2n) is 4.12. The number of methoxy groups -OCH3 is 1. The number of carbonyl (C=O) groups is 1. The van der Waals surface area contributed by atoms with Crippen molar-refractivity contribution in [2.24, 2.45) is 0 Å². The van der Waals surface area contributed by atoms with E-state index in [2.05, 4.69) is 15.6 Å². The second-order valence-corrected chi connectivity index (χ2v) is 6.12. The number of hydrogen-bond donors (Lipinski definition) is 2. The van der Waals surface area contributed by atoms with E-state index < -0.39 is 0 Å². The minimum Gasteiger partial charge on any atom is -0.496 e. The Morgan fingerprint density at radius 3 is 3.21 bits per heavy atom. The average molecular weight is 295 g/mol. The van der Waals surface area contributed by atoms with Gasteiger partial charge in [-0.1, -0.05) is 0 Å². The minimum atomic E-state index is -0.132. The maximum Gasteiger partial charge on any atom is 0.267 e. The molecule has 7 heteroatoms. The number of fused-ring (bicyclic) bond motifs is 1. The summed E-state index contributed by atoms with van der Waals surface area (Å²) < 4.78 is 5.07. The van der Waals surface area contributed by atoms with Crippen LogP contribution in [-0.2, 0) is 13.0 Å². The molecule has 0 saturated heterocycles. The molecular weight excluding hydrogens is 282 g/mol. The first-order chi connectivity index (χ1) is 9.26. The Hall–Kier alpha value is -1.44. The molecule has 2 aromatic rings. The SMILES string of the molecule is COc1csc(C(=O)Nc2nc3c(s2)CNCC3)c1. The van der Waals surface area contributed by atoms with Gasteiger partial charge in [-0.2, -0.15) is 0 Å². The molecule has 1 aliphatic heterocycles. The summed E-state index contributed by atoms with van der Waals surface area (Å²) in [5, 5.41) is 8.63. The smallest absolute Gasteiger partial charge is 0.267 e. The molecule has 0 unspecified atom stereocenters. The summed E-state index contributed by atoms with van der Waals surface area (Å²) in [4.78, 5) is 18.4. The number of ether oxygens (including phenoxy) is 1. The third-order valence-corrected chi connectivity index (χ3v) is 4.78. The Labute approximate surface area is 118 Å². The predicted octanol–water partition coefficient (Wildman–Crippen LogP) is 2.11. The zero-order chi connectivity index (χ0) is 13.2. The van der Waals surface area contributed by atoms with Crippen LogP contribution in [0.3, 0.4) is 0 Å². The Bertz CT molecular complexity index is 582. The highest BCUT2D eigenvalue weighted by molar-refractivity contribution is 7.16. The van der Waals surface area contributed by atoms with E-state index in [9.17, 15) is 4.79 Å². The quantitative estimate of drug-likeness (QED) is 0.910. The number of anilines is 1. The van der Waals surface area contributed by atoms with Crippen LogP contribution in [0.1, 0.15) is 20.2 Å². The maximum atomic E-state index is 12.1. The summed E-state index contributed by atoms with van der Waals surface area (Å²) in [5.74, 6) is 0.574. The molecule has 1 amide bonds. The summed E-state index contributed by atoms with van der Waals surface area (Å²) >= 11 is 2.90. The van der Waals surface area contributed by atoms with Crippen molar-refractivity contribution in [2.45, 2.75) is 13.0 Å². The van der Waals surface area contributed by atoms with E-state index in [0.717, 1.165) is 25.2 Å². The number of rotatable bonds is 3. The summed E-state index contributed by atoms with van der Waals surface area (Å²) in [6.45, 7) is 1.79. The van der Waals surface area contributed by atoms with Crippen LogP contribution in [0.2, 0.25) is 0 Å². The molecule has 0 radical (unpaired) electrons. The third-order valence-electron chi connectivity index (χ3n) is 2.86. The van der Waals surface area contributed by atoms with Gasteiger partial charge in [0.1, 0.15) is 5.75 Å². The molecule has 0 bridgehead atoms. The lowest BCUT2D eigenvalue weighted by atomic mass is 10.2. The lowest BCUT2D eigenvalue weighted by molar-refractivity contribution is 0.103. The summed E-state index contributed by atoms with van der Waals surface area (Å²) in [5.41, 5.74) is 1.10. The van der Waals surface area contributed by atoms with E-state index in [1.807, 2.05) is 5.38 Å². The van der Waals surface area contributed by atoms with Crippen LogP contribution in [0, 0.1) is 0 Å². The van der Waals surface area contributed by atoms with Gasteiger partial charge >= 0.3 is 0 Å². The first-order valence-electron chi connectivity index (χ1n) is 5.89. The summed E-state index contributed by atoms with van der Waals surface area (Å²) in [7, 11) is 1.59. The third kappa shape index (κ3) is 2.63. The molecule has 2 N–H and O–H groups in total. The van der Waals surface area contributed by atoms with Crippen molar-refractivity contribution >= 4 is 33.7 Å². The van der Waals surface area contributed by atoms with Gasteiger partial charge in [-0.05, 0) is 0 Å². The van der Waals surface area contributed by atoms with Gasteiger partial charge in [0, 0.05) is 35.8 Å². The molecule has 3 rings (SSSR count). The van der Waals surface area contributed by atoms with Crippen LogP contribution in [0.5, 0.6) is 5.75 Å². The minimum absolute atomic E-state index is 0.132. The summed E-state index contributed by atoms with van der Waals surface area (Å²) in [6, 6.07) is 1.73. The second kappa shape index (κ2) is 5.28. The van der Waals surface area contributed by atoms with E-state index >= 15 is 0 Å². The number of aromatic nitrogens is 1. The summed E-state index contributed by atoms with van der Waals surface area (Å²) in [6.07, 6.45) is 0.925. The fourth-order valence-electron chi connectivity index (χ4n) is 1.88. The highest BCUT2D eigenvalue weighted by Crippen LogP contribution is 2.27. The first-order valence-corrected chi connectivity index (χ1v) is 7.59. The van der Waals surface area contributed by atoms with Crippen LogP contribution in [0.25, 0.3) is 0 Å². The van der Waals surface area contributed by atoms with Gasteiger partial charge in [0.2, 0.25) is 0 Å². The fourth-order valence-corrected chi connectivity index (χ4v) is 3.60. The maximum absolute atomic E-state index is 12.1. The van der Waals surface area contributed by atoms with Crippen LogP contribution in [0.4, 0.5) is 5.13 Å². The average Bonchev–Trinajstić information content (AvgIpc) is 3.04. The molecule has 5 nitrogen and oxygen atoms in total. The monoisotopic (exact) mass is 295 g/mol. The molecule has 19 heavy (non-hydrogen) atoms. The number of thiophene rings is 1. The van der Waals surface area contributed by atoms with Crippen LogP contribution in [0.15, 0.2) is 11.4 Å².